The zero-order chi connectivity index (χ0) is 12.5. The molecule has 0 bridgehead atoms. The van der Waals surface area contributed by atoms with E-state index in [2.05, 4.69) is 5.32 Å². The molecule has 0 radical (unpaired) electrons. The van der Waals surface area contributed by atoms with Crippen LogP contribution in [0.2, 0.25) is 0 Å². The molecule has 2 aliphatic rings. The third kappa shape index (κ3) is 2.28. The van der Waals surface area contributed by atoms with Crippen molar-refractivity contribution in [1.82, 2.24) is 5.32 Å². The first kappa shape index (κ1) is 12.3. The third-order valence-electron chi connectivity index (χ3n) is 3.48. The molecule has 96 valence electrons. The number of ether oxygens (including phenoxy) is 2. The van der Waals surface area contributed by atoms with Gasteiger partial charge >= 0.3 is 5.97 Å². The zero-order valence-electron chi connectivity index (χ0n) is 9.77. The van der Waals surface area contributed by atoms with Gasteiger partial charge in [0, 0.05) is 6.61 Å². The molecule has 2 N–H and O–H groups in total. The Morgan fingerprint density at radius 3 is 2.82 bits per heavy atom. The predicted octanol–water partition coefficient (Wildman–Crippen LogP) is -0.229. The standard InChI is InChI=1S/C11H17NO5/c1-11(10(14)15)6-16-5-8(11)12-9(13)7-3-2-4-17-7/h7-8H,2-6H2,1H3,(H,12,13)(H,14,15)/t7-,8?,11?/m0/s1. The number of aliphatic carboxylic acids is 1. The zero-order valence-corrected chi connectivity index (χ0v) is 9.77. The summed E-state index contributed by atoms with van der Waals surface area (Å²) in [5, 5.41) is 11.9. The summed E-state index contributed by atoms with van der Waals surface area (Å²) < 4.78 is 10.4. The van der Waals surface area contributed by atoms with Crippen LogP contribution in [0, 0.1) is 5.41 Å². The van der Waals surface area contributed by atoms with E-state index in [0.29, 0.717) is 13.0 Å². The first-order valence-electron chi connectivity index (χ1n) is 5.77. The molecule has 17 heavy (non-hydrogen) atoms. The molecule has 1 amide bonds. The summed E-state index contributed by atoms with van der Waals surface area (Å²) in [6.07, 6.45) is 1.13. The molecule has 2 fully saturated rings. The van der Waals surface area contributed by atoms with Gasteiger partial charge in [-0.05, 0) is 19.8 Å². The minimum atomic E-state index is -1.05. The number of carboxylic acids is 1. The van der Waals surface area contributed by atoms with Crippen LogP contribution >= 0.6 is 0 Å². The van der Waals surface area contributed by atoms with Crippen LogP contribution in [0.5, 0.6) is 0 Å². The monoisotopic (exact) mass is 243 g/mol. The van der Waals surface area contributed by atoms with Crippen molar-refractivity contribution in [2.45, 2.75) is 31.9 Å². The summed E-state index contributed by atoms with van der Waals surface area (Å²) in [6, 6.07) is -0.489. The van der Waals surface area contributed by atoms with E-state index in [4.69, 9.17) is 14.6 Å². The summed E-state index contributed by atoms with van der Waals surface area (Å²) >= 11 is 0. The summed E-state index contributed by atoms with van der Waals surface area (Å²) in [5.74, 6) is -1.18. The molecular weight excluding hydrogens is 226 g/mol. The second-order valence-corrected chi connectivity index (χ2v) is 4.80. The van der Waals surface area contributed by atoms with Crippen molar-refractivity contribution in [3.63, 3.8) is 0 Å². The number of hydrogen-bond donors (Lipinski definition) is 2. The lowest BCUT2D eigenvalue weighted by Crippen LogP contribution is -2.52. The lowest BCUT2D eigenvalue weighted by Gasteiger charge is -2.26. The number of carbonyl (C=O) groups excluding carboxylic acids is 1. The predicted molar refractivity (Wildman–Crippen MR) is 57.5 cm³/mol. The van der Waals surface area contributed by atoms with Crippen molar-refractivity contribution in [2.75, 3.05) is 19.8 Å². The van der Waals surface area contributed by atoms with Crippen LogP contribution in [0.1, 0.15) is 19.8 Å². The van der Waals surface area contributed by atoms with Gasteiger partial charge in [0.1, 0.15) is 11.5 Å². The van der Waals surface area contributed by atoms with Crippen LogP contribution in [0.25, 0.3) is 0 Å². The van der Waals surface area contributed by atoms with E-state index in [0.717, 1.165) is 6.42 Å². The summed E-state index contributed by atoms with van der Waals surface area (Å²) in [7, 11) is 0. The van der Waals surface area contributed by atoms with E-state index < -0.39 is 23.5 Å². The van der Waals surface area contributed by atoms with Crippen molar-refractivity contribution in [3.8, 4) is 0 Å². The molecule has 2 aliphatic heterocycles. The normalized spacial score (nSPS) is 37.0. The fraction of sp³-hybridized carbons (Fsp3) is 0.818. The molecule has 6 heteroatoms. The molecule has 3 atom stereocenters. The lowest BCUT2D eigenvalue weighted by atomic mass is 9.85. The Kier molecular flexibility index (Phi) is 3.35. The largest absolute Gasteiger partial charge is 0.481 e. The maximum atomic E-state index is 11.8. The van der Waals surface area contributed by atoms with Gasteiger partial charge < -0.3 is 19.9 Å². The van der Waals surface area contributed by atoms with Gasteiger partial charge in [-0.25, -0.2) is 0 Å². The van der Waals surface area contributed by atoms with Crippen LogP contribution in [-0.2, 0) is 19.1 Å². The number of nitrogens with one attached hydrogen (secondary N) is 1. The number of carbonyl (C=O) groups is 2. The molecule has 0 saturated carbocycles. The average molecular weight is 243 g/mol. The Hall–Kier alpha value is -1.14. The van der Waals surface area contributed by atoms with Crippen LogP contribution < -0.4 is 5.32 Å². The fourth-order valence-electron chi connectivity index (χ4n) is 2.13. The van der Waals surface area contributed by atoms with Gasteiger partial charge in [0.25, 0.3) is 0 Å². The van der Waals surface area contributed by atoms with Crippen LogP contribution in [-0.4, -0.2) is 48.9 Å². The Morgan fingerprint density at radius 1 is 1.47 bits per heavy atom. The quantitative estimate of drug-likeness (QED) is 0.715. The first-order valence-corrected chi connectivity index (χ1v) is 5.77. The Bertz CT molecular complexity index is 326. The number of amides is 1. The Balaban J connectivity index is 1.98. The third-order valence-corrected chi connectivity index (χ3v) is 3.48. The Morgan fingerprint density at radius 2 is 2.24 bits per heavy atom. The smallest absolute Gasteiger partial charge is 0.313 e. The molecule has 2 unspecified atom stereocenters. The second-order valence-electron chi connectivity index (χ2n) is 4.80. The average Bonchev–Trinajstić information content (AvgIpc) is 2.89. The minimum absolute atomic E-state index is 0.124. The topological polar surface area (TPSA) is 84.9 Å². The molecule has 0 spiro atoms. The van der Waals surface area contributed by atoms with Crippen molar-refractivity contribution in [3.05, 3.63) is 0 Å². The van der Waals surface area contributed by atoms with Gasteiger partial charge in [0.15, 0.2) is 0 Å². The van der Waals surface area contributed by atoms with Crippen LogP contribution in [0.15, 0.2) is 0 Å². The van der Waals surface area contributed by atoms with Crippen molar-refractivity contribution in [2.24, 2.45) is 5.41 Å². The molecule has 2 heterocycles. The van der Waals surface area contributed by atoms with Crippen LogP contribution in [0.4, 0.5) is 0 Å². The van der Waals surface area contributed by atoms with E-state index in [1.54, 1.807) is 6.92 Å². The first-order chi connectivity index (χ1) is 8.04. The van der Waals surface area contributed by atoms with Crippen LogP contribution in [0.3, 0.4) is 0 Å². The van der Waals surface area contributed by atoms with Gasteiger partial charge in [-0.3, -0.25) is 9.59 Å². The number of carboxylic acid groups (broad SMARTS) is 1. The van der Waals surface area contributed by atoms with Crippen molar-refractivity contribution in [1.29, 1.82) is 0 Å². The van der Waals surface area contributed by atoms with E-state index in [1.165, 1.54) is 0 Å². The maximum Gasteiger partial charge on any atom is 0.313 e. The van der Waals surface area contributed by atoms with E-state index >= 15 is 0 Å². The fourth-order valence-corrected chi connectivity index (χ4v) is 2.13. The second kappa shape index (κ2) is 4.62. The van der Waals surface area contributed by atoms with Gasteiger partial charge in [-0.2, -0.15) is 0 Å². The summed E-state index contributed by atoms with van der Waals surface area (Å²) in [4.78, 5) is 23.0. The lowest BCUT2D eigenvalue weighted by molar-refractivity contribution is -0.149. The molecule has 6 nitrogen and oxygen atoms in total. The number of hydrogen-bond acceptors (Lipinski definition) is 4. The highest BCUT2D eigenvalue weighted by atomic mass is 16.5. The van der Waals surface area contributed by atoms with Gasteiger partial charge in [0.05, 0.1) is 19.3 Å². The molecule has 0 aromatic rings. The number of rotatable bonds is 3. The molecule has 0 aliphatic carbocycles. The van der Waals surface area contributed by atoms with Gasteiger partial charge in [0.2, 0.25) is 5.91 Å². The highest BCUT2D eigenvalue weighted by Gasteiger charge is 2.47. The SMILES string of the molecule is CC1(C(=O)O)COCC1NC(=O)[C@@H]1CCCO1. The maximum absolute atomic E-state index is 11.8. The molecule has 2 saturated heterocycles. The van der Waals surface area contributed by atoms with Gasteiger partial charge in [-0.15, -0.1) is 0 Å². The van der Waals surface area contributed by atoms with E-state index in [-0.39, 0.29) is 19.1 Å². The van der Waals surface area contributed by atoms with E-state index in [1.807, 2.05) is 0 Å². The Labute approximate surface area is 99.3 Å². The molecule has 0 aromatic heterocycles. The van der Waals surface area contributed by atoms with E-state index in [9.17, 15) is 9.59 Å². The highest BCUT2D eigenvalue weighted by Crippen LogP contribution is 2.29. The molecular formula is C11H17NO5. The van der Waals surface area contributed by atoms with Crippen molar-refractivity contribution >= 4 is 11.9 Å². The van der Waals surface area contributed by atoms with Gasteiger partial charge in [-0.1, -0.05) is 0 Å². The van der Waals surface area contributed by atoms with Crippen molar-refractivity contribution < 1.29 is 24.2 Å². The summed E-state index contributed by atoms with van der Waals surface area (Å²) in [5.41, 5.74) is -1.05. The summed E-state index contributed by atoms with van der Waals surface area (Å²) in [6.45, 7) is 2.54. The molecule has 0 aromatic carbocycles. The highest BCUT2D eigenvalue weighted by molar-refractivity contribution is 5.83. The minimum Gasteiger partial charge on any atom is -0.481 e. The molecule has 2 rings (SSSR count).